The van der Waals surface area contributed by atoms with Crippen LogP contribution in [0.15, 0.2) is 37.1 Å². The molecule has 0 aliphatic heterocycles. The second kappa shape index (κ2) is 9.58. The van der Waals surface area contributed by atoms with Crippen molar-refractivity contribution in [2.24, 2.45) is 0 Å². The zero-order chi connectivity index (χ0) is 13.1. The van der Waals surface area contributed by atoms with Gasteiger partial charge in [-0.3, -0.25) is 0 Å². The number of aryl methyl sites for hydroxylation is 1. The lowest BCUT2D eigenvalue weighted by Gasteiger charge is -2.00. The maximum Gasteiger partial charge on any atom is 0.185 e. The molecule has 0 fully saturated rings. The molecule has 0 saturated heterocycles. The lowest BCUT2D eigenvalue weighted by molar-refractivity contribution is -0.704. The molecular formula is C14H21NO2. The molecule has 0 radical (unpaired) electrons. The fourth-order valence-electron chi connectivity index (χ4n) is 1.39. The number of hydrogen-bond donors (Lipinski definition) is 0. The van der Waals surface area contributed by atoms with Gasteiger partial charge in [-0.15, -0.1) is 6.58 Å². The van der Waals surface area contributed by atoms with Crippen molar-refractivity contribution in [3.05, 3.63) is 42.7 Å². The largest absolute Gasteiger partial charge is 0.550 e. The van der Waals surface area contributed by atoms with E-state index in [0.29, 0.717) is 0 Å². The second-order valence-electron chi connectivity index (χ2n) is 3.72. The summed E-state index contributed by atoms with van der Waals surface area (Å²) in [6.07, 6.45) is 7.56. The number of aliphatic carboxylic acids is 1. The summed E-state index contributed by atoms with van der Waals surface area (Å²) < 4.78 is 2.31. The summed E-state index contributed by atoms with van der Waals surface area (Å²) in [7, 11) is 0. The van der Waals surface area contributed by atoms with Crippen LogP contribution in [-0.2, 0) is 17.8 Å². The molecule has 0 bridgehead atoms. The third-order valence-corrected chi connectivity index (χ3v) is 2.14. The summed E-state index contributed by atoms with van der Waals surface area (Å²) in [5, 5.41) is 8.89. The van der Waals surface area contributed by atoms with E-state index in [1.165, 1.54) is 18.5 Å². The van der Waals surface area contributed by atoms with E-state index in [2.05, 4.69) is 42.5 Å². The van der Waals surface area contributed by atoms with Crippen molar-refractivity contribution in [1.29, 1.82) is 0 Å². The minimum absolute atomic E-state index is 0.963. The van der Waals surface area contributed by atoms with Gasteiger partial charge >= 0.3 is 0 Å². The van der Waals surface area contributed by atoms with Gasteiger partial charge in [0.2, 0.25) is 0 Å². The smallest absolute Gasteiger partial charge is 0.185 e. The van der Waals surface area contributed by atoms with Crippen molar-refractivity contribution in [2.45, 2.75) is 39.7 Å². The van der Waals surface area contributed by atoms with Crippen LogP contribution in [0.3, 0.4) is 0 Å². The number of carboxylic acid groups (broad SMARTS) is 1. The number of allylic oxidation sites excluding steroid dienone is 1. The third-order valence-electron chi connectivity index (χ3n) is 2.14. The summed E-state index contributed by atoms with van der Waals surface area (Å²) in [5.74, 6) is -1.08. The molecule has 1 heterocycles. The molecule has 3 nitrogen and oxygen atoms in total. The third kappa shape index (κ3) is 8.20. The fraction of sp³-hybridized carbons (Fsp3) is 0.429. The second-order valence-corrected chi connectivity index (χ2v) is 3.72. The Balaban J connectivity index is 0.000000557. The maximum atomic E-state index is 8.89. The van der Waals surface area contributed by atoms with E-state index in [1.807, 2.05) is 6.08 Å². The summed E-state index contributed by atoms with van der Waals surface area (Å²) in [6.45, 7) is 8.08. The van der Waals surface area contributed by atoms with E-state index >= 15 is 0 Å². The van der Waals surface area contributed by atoms with Crippen molar-refractivity contribution in [2.75, 3.05) is 0 Å². The van der Waals surface area contributed by atoms with E-state index in [4.69, 9.17) is 9.90 Å². The first kappa shape index (κ1) is 15.4. The Kier molecular flexibility index (Phi) is 8.65. The van der Waals surface area contributed by atoms with Crippen LogP contribution in [0.25, 0.3) is 0 Å². The van der Waals surface area contributed by atoms with Crippen molar-refractivity contribution < 1.29 is 14.5 Å². The Hall–Kier alpha value is -1.64. The normalized spacial score (nSPS) is 9.06. The SMILES string of the molecule is C=CCc1cccc[n+]1CCCC.CC(=O)[O-]. The van der Waals surface area contributed by atoms with Gasteiger partial charge in [0.05, 0.1) is 6.42 Å². The number of aromatic nitrogens is 1. The molecule has 17 heavy (non-hydrogen) atoms. The Bertz CT molecular complexity index is 344. The van der Waals surface area contributed by atoms with Gasteiger partial charge in [0.25, 0.3) is 0 Å². The van der Waals surface area contributed by atoms with Gasteiger partial charge in [-0.2, -0.15) is 0 Å². The van der Waals surface area contributed by atoms with Gasteiger partial charge in [-0.1, -0.05) is 25.5 Å². The molecule has 3 heteroatoms. The summed E-state index contributed by atoms with van der Waals surface area (Å²) in [4.78, 5) is 8.89. The predicted molar refractivity (Wildman–Crippen MR) is 66.1 cm³/mol. The summed E-state index contributed by atoms with van der Waals surface area (Å²) >= 11 is 0. The Morgan fingerprint density at radius 3 is 2.71 bits per heavy atom. The number of carbonyl (C=O) groups excluding carboxylic acids is 1. The highest BCUT2D eigenvalue weighted by molar-refractivity contribution is 5.60. The minimum atomic E-state index is -1.08. The number of carbonyl (C=O) groups is 1. The van der Waals surface area contributed by atoms with E-state index in [9.17, 15) is 0 Å². The van der Waals surface area contributed by atoms with Crippen LogP contribution in [0.1, 0.15) is 32.4 Å². The fourth-order valence-corrected chi connectivity index (χ4v) is 1.39. The average Bonchev–Trinajstić information content (AvgIpc) is 2.28. The predicted octanol–water partition coefficient (Wildman–Crippen LogP) is 1.26. The molecule has 1 aromatic heterocycles. The van der Waals surface area contributed by atoms with Crippen LogP contribution in [0.5, 0.6) is 0 Å². The first-order valence-corrected chi connectivity index (χ1v) is 5.87. The molecule has 0 amide bonds. The van der Waals surface area contributed by atoms with Crippen LogP contribution in [-0.4, -0.2) is 5.97 Å². The molecule has 0 atom stereocenters. The molecule has 0 saturated carbocycles. The molecule has 1 rings (SSSR count). The Morgan fingerprint density at radius 2 is 2.18 bits per heavy atom. The number of carboxylic acids is 1. The highest BCUT2D eigenvalue weighted by Gasteiger charge is 2.05. The van der Waals surface area contributed by atoms with Gasteiger partial charge in [0, 0.05) is 24.5 Å². The molecule has 1 aromatic rings. The number of rotatable bonds is 5. The van der Waals surface area contributed by atoms with Crippen LogP contribution in [0, 0.1) is 0 Å². The van der Waals surface area contributed by atoms with Gasteiger partial charge in [0.15, 0.2) is 11.9 Å². The molecule has 0 N–H and O–H groups in total. The van der Waals surface area contributed by atoms with Gasteiger partial charge < -0.3 is 9.90 Å². The van der Waals surface area contributed by atoms with Gasteiger partial charge in [0.1, 0.15) is 6.54 Å². The molecule has 0 spiro atoms. The molecular weight excluding hydrogens is 214 g/mol. The molecule has 0 unspecified atom stereocenters. The highest BCUT2D eigenvalue weighted by atomic mass is 16.4. The lowest BCUT2D eigenvalue weighted by Crippen LogP contribution is -2.37. The highest BCUT2D eigenvalue weighted by Crippen LogP contribution is 1.95. The zero-order valence-electron chi connectivity index (χ0n) is 10.7. The van der Waals surface area contributed by atoms with Gasteiger partial charge in [-0.05, 0) is 6.92 Å². The number of pyridine rings is 1. The van der Waals surface area contributed by atoms with Crippen LogP contribution in [0.4, 0.5) is 0 Å². The minimum Gasteiger partial charge on any atom is -0.550 e. The van der Waals surface area contributed by atoms with Gasteiger partial charge in [-0.25, -0.2) is 4.57 Å². The topological polar surface area (TPSA) is 44.0 Å². The van der Waals surface area contributed by atoms with E-state index < -0.39 is 5.97 Å². The standard InChI is InChI=1S/C12H18N.C2H4O2/c1-3-5-10-13-11-7-6-9-12(13)8-4-2;1-2(3)4/h4,6-7,9,11H,2-3,5,8,10H2,1H3;1H3,(H,3,4)/q+1;/p-1. The van der Waals surface area contributed by atoms with Crippen molar-refractivity contribution in [3.8, 4) is 0 Å². The Labute approximate surface area is 103 Å². The number of unbranched alkanes of at least 4 members (excludes halogenated alkanes) is 1. The van der Waals surface area contributed by atoms with Crippen molar-refractivity contribution >= 4 is 5.97 Å². The molecule has 0 aliphatic carbocycles. The maximum absolute atomic E-state index is 8.89. The van der Waals surface area contributed by atoms with E-state index in [1.54, 1.807) is 0 Å². The van der Waals surface area contributed by atoms with E-state index in [0.717, 1.165) is 19.9 Å². The summed E-state index contributed by atoms with van der Waals surface area (Å²) in [5.41, 5.74) is 1.35. The zero-order valence-corrected chi connectivity index (χ0v) is 10.7. The summed E-state index contributed by atoms with van der Waals surface area (Å²) in [6, 6.07) is 6.33. The first-order valence-electron chi connectivity index (χ1n) is 5.87. The number of hydrogen-bond acceptors (Lipinski definition) is 2. The average molecular weight is 235 g/mol. The lowest BCUT2D eigenvalue weighted by atomic mass is 10.2. The van der Waals surface area contributed by atoms with Crippen LogP contribution in [0.2, 0.25) is 0 Å². The monoisotopic (exact) mass is 235 g/mol. The Morgan fingerprint density at radius 1 is 1.53 bits per heavy atom. The van der Waals surface area contributed by atoms with Crippen LogP contribution >= 0.6 is 0 Å². The molecule has 0 aromatic carbocycles. The molecule has 94 valence electrons. The number of nitrogens with zero attached hydrogens (tertiary/aromatic N) is 1. The first-order chi connectivity index (χ1) is 8.11. The van der Waals surface area contributed by atoms with E-state index in [-0.39, 0.29) is 0 Å². The van der Waals surface area contributed by atoms with Crippen molar-refractivity contribution in [1.82, 2.24) is 0 Å². The van der Waals surface area contributed by atoms with Crippen LogP contribution < -0.4 is 9.67 Å². The molecule has 0 aliphatic rings. The van der Waals surface area contributed by atoms with Crippen molar-refractivity contribution in [3.63, 3.8) is 0 Å². The quantitative estimate of drug-likeness (QED) is 0.569.